The van der Waals surface area contributed by atoms with E-state index in [4.69, 9.17) is 0 Å². The number of rotatable bonds is 6. The predicted octanol–water partition coefficient (Wildman–Crippen LogP) is 4.52. The van der Waals surface area contributed by atoms with E-state index in [1.165, 1.54) is 48.3 Å². The van der Waals surface area contributed by atoms with Crippen LogP contribution in [0.25, 0.3) is 0 Å². The molecule has 0 bridgehead atoms. The van der Waals surface area contributed by atoms with Gasteiger partial charge in [0.05, 0.1) is 0 Å². The van der Waals surface area contributed by atoms with Gasteiger partial charge < -0.3 is 0 Å². The molecule has 1 unspecified atom stereocenters. The van der Waals surface area contributed by atoms with Crippen molar-refractivity contribution < 1.29 is 0 Å². The quantitative estimate of drug-likeness (QED) is 0.569. The Kier molecular flexibility index (Phi) is 5.76. The second-order valence-electron chi connectivity index (χ2n) is 4.91. The standard InChI is InChI=1S/C15H22N2S2/c1-4-10-18-14-12-8-6-7-9-13(12)15(17-16-14)19-11(3)5-2/h4,11H,1,5-10H2,2-3H3. The Morgan fingerprint density at radius 3 is 2.47 bits per heavy atom. The summed E-state index contributed by atoms with van der Waals surface area (Å²) in [5.41, 5.74) is 2.93. The zero-order valence-electron chi connectivity index (χ0n) is 11.8. The number of thioether (sulfide) groups is 2. The van der Waals surface area contributed by atoms with E-state index in [0.717, 1.165) is 10.8 Å². The first kappa shape index (κ1) is 14.9. The number of hydrogen-bond acceptors (Lipinski definition) is 4. The summed E-state index contributed by atoms with van der Waals surface area (Å²) in [4.78, 5) is 0. The van der Waals surface area contributed by atoms with E-state index in [2.05, 4.69) is 30.6 Å². The van der Waals surface area contributed by atoms with Gasteiger partial charge in [0, 0.05) is 11.0 Å². The van der Waals surface area contributed by atoms with E-state index in [1.54, 1.807) is 11.8 Å². The fourth-order valence-corrected chi connectivity index (χ4v) is 3.99. The van der Waals surface area contributed by atoms with Crippen LogP contribution in [-0.4, -0.2) is 21.2 Å². The van der Waals surface area contributed by atoms with Gasteiger partial charge in [-0.3, -0.25) is 0 Å². The predicted molar refractivity (Wildman–Crippen MR) is 85.2 cm³/mol. The first-order valence-electron chi connectivity index (χ1n) is 7.05. The molecule has 0 saturated carbocycles. The molecule has 0 aromatic carbocycles. The molecule has 19 heavy (non-hydrogen) atoms. The van der Waals surface area contributed by atoms with Crippen LogP contribution >= 0.6 is 23.5 Å². The maximum atomic E-state index is 4.49. The Bertz CT molecular complexity index is 446. The molecular weight excluding hydrogens is 272 g/mol. The average Bonchev–Trinajstić information content (AvgIpc) is 2.46. The fraction of sp³-hybridized carbons (Fsp3) is 0.600. The van der Waals surface area contributed by atoms with Crippen LogP contribution in [0.2, 0.25) is 0 Å². The lowest BCUT2D eigenvalue weighted by molar-refractivity contribution is 0.630. The molecule has 2 rings (SSSR count). The highest BCUT2D eigenvalue weighted by atomic mass is 32.2. The van der Waals surface area contributed by atoms with Gasteiger partial charge >= 0.3 is 0 Å². The van der Waals surface area contributed by atoms with Crippen molar-refractivity contribution in [1.82, 2.24) is 10.2 Å². The zero-order valence-corrected chi connectivity index (χ0v) is 13.4. The summed E-state index contributed by atoms with van der Waals surface area (Å²) in [6.07, 6.45) is 8.02. The van der Waals surface area contributed by atoms with Crippen LogP contribution in [-0.2, 0) is 12.8 Å². The molecule has 1 atom stereocenters. The Morgan fingerprint density at radius 2 is 1.84 bits per heavy atom. The SMILES string of the molecule is C=CCSc1nnc(SC(C)CC)c2c1CCCC2. The van der Waals surface area contributed by atoms with E-state index >= 15 is 0 Å². The second-order valence-corrected chi connectivity index (χ2v) is 7.35. The van der Waals surface area contributed by atoms with Gasteiger partial charge in [-0.15, -0.1) is 40.3 Å². The van der Waals surface area contributed by atoms with Crippen molar-refractivity contribution in [2.24, 2.45) is 0 Å². The van der Waals surface area contributed by atoms with Crippen LogP contribution in [0, 0.1) is 0 Å². The summed E-state index contributed by atoms with van der Waals surface area (Å²) in [5.74, 6) is 0.916. The monoisotopic (exact) mass is 294 g/mol. The number of fused-ring (bicyclic) bond motifs is 1. The van der Waals surface area contributed by atoms with Crippen molar-refractivity contribution in [2.75, 3.05) is 5.75 Å². The number of aromatic nitrogens is 2. The van der Waals surface area contributed by atoms with Gasteiger partial charge in [0.25, 0.3) is 0 Å². The van der Waals surface area contributed by atoms with Crippen molar-refractivity contribution in [1.29, 1.82) is 0 Å². The second kappa shape index (κ2) is 7.34. The van der Waals surface area contributed by atoms with Crippen molar-refractivity contribution >= 4 is 23.5 Å². The van der Waals surface area contributed by atoms with Crippen LogP contribution in [0.3, 0.4) is 0 Å². The van der Waals surface area contributed by atoms with Crippen molar-refractivity contribution in [3.05, 3.63) is 23.8 Å². The first-order chi connectivity index (χ1) is 9.26. The summed E-state index contributed by atoms with van der Waals surface area (Å²) >= 11 is 3.66. The Labute approximate surface area is 124 Å². The highest BCUT2D eigenvalue weighted by Crippen LogP contribution is 2.35. The summed E-state index contributed by atoms with van der Waals surface area (Å²) in [6.45, 7) is 8.28. The van der Waals surface area contributed by atoms with Crippen molar-refractivity contribution in [3.8, 4) is 0 Å². The lowest BCUT2D eigenvalue weighted by Gasteiger charge is -2.21. The molecule has 1 heterocycles. The van der Waals surface area contributed by atoms with Gasteiger partial charge in [-0.05, 0) is 43.2 Å². The summed E-state index contributed by atoms with van der Waals surface area (Å²) in [6, 6.07) is 0. The lowest BCUT2D eigenvalue weighted by atomic mass is 9.94. The van der Waals surface area contributed by atoms with Gasteiger partial charge in [0.1, 0.15) is 10.1 Å². The van der Waals surface area contributed by atoms with Gasteiger partial charge in [-0.25, -0.2) is 0 Å². The molecule has 4 heteroatoms. The molecule has 1 aromatic rings. The molecule has 0 fully saturated rings. The van der Waals surface area contributed by atoms with E-state index in [1.807, 2.05) is 17.8 Å². The molecule has 1 aliphatic carbocycles. The third-order valence-corrected chi connectivity index (χ3v) is 5.73. The maximum Gasteiger partial charge on any atom is 0.123 e. The molecule has 0 aliphatic heterocycles. The third kappa shape index (κ3) is 3.76. The molecule has 0 spiro atoms. The average molecular weight is 294 g/mol. The number of hydrogen-bond donors (Lipinski definition) is 0. The molecule has 0 radical (unpaired) electrons. The summed E-state index contributed by atoms with van der Waals surface area (Å²) in [5, 5.41) is 11.9. The smallest absolute Gasteiger partial charge is 0.123 e. The molecule has 0 N–H and O–H groups in total. The van der Waals surface area contributed by atoms with Crippen molar-refractivity contribution in [3.63, 3.8) is 0 Å². The minimum absolute atomic E-state index is 0.618. The minimum Gasteiger partial charge on any atom is -0.143 e. The van der Waals surface area contributed by atoms with E-state index in [0.29, 0.717) is 5.25 Å². The first-order valence-corrected chi connectivity index (χ1v) is 8.91. The Morgan fingerprint density at radius 1 is 1.21 bits per heavy atom. The van der Waals surface area contributed by atoms with Gasteiger partial charge in [-0.1, -0.05) is 19.9 Å². The van der Waals surface area contributed by atoms with E-state index in [-0.39, 0.29) is 0 Å². The highest BCUT2D eigenvalue weighted by Gasteiger charge is 2.20. The molecule has 0 amide bonds. The largest absolute Gasteiger partial charge is 0.143 e. The Hall–Kier alpha value is -0.480. The topological polar surface area (TPSA) is 25.8 Å². The summed E-state index contributed by atoms with van der Waals surface area (Å²) in [7, 11) is 0. The molecular formula is C15H22N2S2. The lowest BCUT2D eigenvalue weighted by Crippen LogP contribution is -2.11. The fourth-order valence-electron chi connectivity index (χ4n) is 2.21. The van der Waals surface area contributed by atoms with Gasteiger partial charge in [0.15, 0.2) is 0 Å². The minimum atomic E-state index is 0.618. The molecule has 1 aliphatic rings. The molecule has 0 saturated heterocycles. The van der Waals surface area contributed by atoms with Crippen LogP contribution in [0.5, 0.6) is 0 Å². The molecule has 1 aromatic heterocycles. The number of nitrogens with zero attached hydrogens (tertiary/aromatic N) is 2. The van der Waals surface area contributed by atoms with Crippen LogP contribution in [0.15, 0.2) is 22.7 Å². The van der Waals surface area contributed by atoms with E-state index < -0.39 is 0 Å². The van der Waals surface area contributed by atoms with Crippen LogP contribution in [0.4, 0.5) is 0 Å². The third-order valence-electron chi connectivity index (χ3n) is 3.44. The molecule has 104 valence electrons. The van der Waals surface area contributed by atoms with Crippen LogP contribution < -0.4 is 0 Å². The van der Waals surface area contributed by atoms with Crippen LogP contribution in [0.1, 0.15) is 44.2 Å². The summed E-state index contributed by atoms with van der Waals surface area (Å²) < 4.78 is 0. The normalized spacial score (nSPS) is 15.9. The zero-order chi connectivity index (χ0) is 13.7. The van der Waals surface area contributed by atoms with Gasteiger partial charge in [-0.2, -0.15) is 0 Å². The highest BCUT2D eigenvalue weighted by molar-refractivity contribution is 8.00. The van der Waals surface area contributed by atoms with E-state index in [9.17, 15) is 0 Å². The molecule has 2 nitrogen and oxygen atoms in total. The van der Waals surface area contributed by atoms with Gasteiger partial charge in [0.2, 0.25) is 0 Å². The Balaban J connectivity index is 2.28. The van der Waals surface area contributed by atoms with Crippen molar-refractivity contribution in [2.45, 2.75) is 61.3 Å². The maximum absolute atomic E-state index is 4.49.